The number of aryl methyl sites for hydroxylation is 2. The molecular weight excluding hydrogens is 234 g/mol. The lowest BCUT2D eigenvalue weighted by Gasteiger charge is -2.22. The molecule has 108 valence electrons. The fraction of sp³-hybridized carbons (Fsp3) is 0.647. The van der Waals surface area contributed by atoms with E-state index in [1.54, 1.807) is 0 Å². The van der Waals surface area contributed by atoms with Crippen LogP contribution in [-0.2, 0) is 4.74 Å². The Hall–Kier alpha value is -0.860. The molecule has 0 aliphatic carbocycles. The van der Waals surface area contributed by atoms with E-state index in [9.17, 15) is 0 Å². The zero-order valence-corrected chi connectivity index (χ0v) is 13.3. The minimum absolute atomic E-state index is 0.278. The molecule has 0 amide bonds. The molecule has 0 spiro atoms. The molecule has 2 heteroatoms. The first-order valence-corrected chi connectivity index (χ1v) is 7.15. The molecule has 0 bridgehead atoms. The third kappa shape index (κ3) is 5.75. The van der Waals surface area contributed by atoms with Gasteiger partial charge in [0.05, 0.1) is 12.6 Å². The number of hydrogen-bond acceptors (Lipinski definition) is 2. The summed E-state index contributed by atoms with van der Waals surface area (Å²) in [5.74, 6) is 0. The summed E-state index contributed by atoms with van der Waals surface area (Å²) in [4.78, 5) is 0. The van der Waals surface area contributed by atoms with E-state index in [4.69, 9.17) is 4.74 Å². The molecule has 0 aliphatic heterocycles. The predicted octanol–water partition coefficient (Wildman–Crippen LogP) is 4.02. The molecule has 2 nitrogen and oxygen atoms in total. The highest BCUT2D eigenvalue weighted by atomic mass is 16.5. The topological polar surface area (TPSA) is 21.3 Å². The SMILES string of the molecule is CNC(COCCC(C)(C)C)c1cc(C)ccc1C. The van der Waals surface area contributed by atoms with Crippen LogP contribution in [0.3, 0.4) is 0 Å². The summed E-state index contributed by atoms with van der Waals surface area (Å²) < 4.78 is 5.85. The Balaban J connectivity index is 2.56. The molecule has 1 unspecified atom stereocenters. The van der Waals surface area contributed by atoms with E-state index in [1.807, 2.05) is 7.05 Å². The van der Waals surface area contributed by atoms with Gasteiger partial charge in [0.25, 0.3) is 0 Å². The van der Waals surface area contributed by atoms with Gasteiger partial charge in [0.15, 0.2) is 0 Å². The Morgan fingerprint density at radius 1 is 1.21 bits per heavy atom. The highest BCUT2D eigenvalue weighted by Crippen LogP contribution is 2.21. The molecule has 1 N–H and O–H groups in total. The van der Waals surface area contributed by atoms with Crippen molar-refractivity contribution in [1.29, 1.82) is 0 Å². The van der Waals surface area contributed by atoms with E-state index in [1.165, 1.54) is 16.7 Å². The second-order valence-corrected chi connectivity index (χ2v) is 6.59. The Kier molecular flexibility index (Phi) is 6.02. The summed E-state index contributed by atoms with van der Waals surface area (Å²) >= 11 is 0. The summed E-state index contributed by atoms with van der Waals surface area (Å²) in [7, 11) is 2.00. The summed E-state index contributed by atoms with van der Waals surface area (Å²) in [5, 5.41) is 3.36. The second-order valence-electron chi connectivity index (χ2n) is 6.59. The smallest absolute Gasteiger partial charge is 0.0661 e. The van der Waals surface area contributed by atoms with Crippen molar-refractivity contribution < 1.29 is 4.74 Å². The molecule has 0 aliphatic rings. The van der Waals surface area contributed by atoms with Crippen molar-refractivity contribution in [2.75, 3.05) is 20.3 Å². The monoisotopic (exact) mass is 263 g/mol. The number of hydrogen-bond donors (Lipinski definition) is 1. The van der Waals surface area contributed by atoms with Crippen LogP contribution in [0.1, 0.15) is 49.9 Å². The van der Waals surface area contributed by atoms with Crippen LogP contribution in [0, 0.1) is 19.3 Å². The minimum atomic E-state index is 0.278. The molecule has 0 aromatic heterocycles. The van der Waals surface area contributed by atoms with Gasteiger partial charge in [-0.05, 0) is 43.9 Å². The maximum Gasteiger partial charge on any atom is 0.0661 e. The van der Waals surface area contributed by atoms with Crippen molar-refractivity contribution >= 4 is 0 Å². The lowest BCUT2D eigenvalue weighted by atomic mass is 9.93. The van der Waals surface area contributed by atoms with E-state index in [-0.39, 0.29) is 6.04 Å². The van der Waals surface area contributed by atoms with Crippen molar-refractivity contribution in [3.63, 3.8) is 0 Å². The summed E-state index contributed by atoms with van der Waals surface area (Å²) in [6.07, 6.45) is 1.09. The van der Waals surface area contributed by atoms with E-state index in [2.05, 4.69) is 58.1 Å². The maximum atomic E-state index is 5.85. The number of benzene rings is 1. The molecule has 0 saturated carbocycles. The van der Waals surface area contributed by atoms with Crippen LogP contribution in [0.2, 0.25) is 0 Å². The third-order valence-electron chi connectivity index (χ3n) is 3.44. The van der Waals surface area contributed by atoms with Gasteiger partial charge in [-0.1, -0.05) is 44.5 Å². The second kappa shape index (κ2) is 7.06. The van der Waals surface area contributed by atoms with E-state index >= 15 is 0 Å². The molecule has 0 radical (unpaired) electrons. The first-order valence-electron chi connectivity index (χ1n) is 7.15. The van der Waals surface area contributed by atoms with Crippen LogP contribution < -0.4 is 5.32 Å². The van der Waals surface area contributed by atoms with Gasteiger partial charge in [-0.2, -0.15) is 0 Å². The van der Waals surface area contributed by atoms with Crippen molar-refractivity contribution in [3.8, 4) is 0 Å². The Morgan fingerprint density at radius 3 is 2.47 bits per heavy atom. The van der Waals surface area contributed by atoms with Crippen LogP contribution in [0.5, 0.6) is 0 Å². The molecule has 0 saturated heterocycles. The van der Waals surface area contributed by atoms with Gasteiger partial charge in [-0.15, -0.1) is 0 Å². The number of likely N-dealkylation sites (N-methyl/N-ethyl adjacent to an activating group) is 1. The molecule has 1 aromatic carbocycles. The Labute approximate surface area is 118 Å². The Bertz CT molecular complexity index is 393. The van der Waals surface area contributed by atoms with Crippen LogP contribution >= 0.6 is 0 Å². The third-order valence-corrected chi connectivity index (χ3v) is 3.44. The standard InChI is InChI=1S/C17H29NO/c1-13-7-8-14(2)15(11-13)16(18-6)12-19-10-9-17(3,4)5/h7-8,11,16,18H,9-10,12H2,1-6H3. The summed E-state index contributed by atoms with van der Waals surface area (Å²) in [5.41, 5.74) is 4.31. The lowest BCUT2D eigenvalue weighted by molar-refractivity contribution is 0.0913. The van der Waals surface area contributed by atoms with Gasteiger partial charge in [0, 0.05) is 6.61 Å². The van der Waals surface area contributed by atoms with Gasteiger partial charge in [0.1, 0.15) is 0 Å². The first-order chi connectivity index (χ1) is 8.83. The summed E-state index contributed by atoms with van der Waals surface area (Å²) in [6.45, 7) is 12.6. The van der Waals surface area contributed by atoms with Gasteiger partial charge >= 0.3 is 0 Å². The summed E-state index contributed by atoms with van der Waals surface area (Å²) in [6, 6.07) is 6.87. The molecule has 0 heterocycles. The fourth-order valence-electron chi connectivity index (χ4n) is 2.04. The van der Waals surface area contributed by atoms with Crippen molar-refractivity contribution in [2.24, 2.45) is 5.41 Å². The molecule has 19 heavy (non-hydrogen) atoms. The Morgan fingerprint density at radius 2 is 1.89 bits per heavy atom. The van der Waals surface area contributed by atoms with Crippen molar-refractivity contribution in [3.05, 3.63) is 34.9 Å². The van der Waals surface area contributed by atoms with Crippen LogP contribution in [0.15, 0.2) is 18.2 Å². The van der Waals surface area contributed by atoms with Crippen LogP contribution in [0.25, 0.3) is 0 Å². The normalized spacial score (nSPS) is 13.6. The number of rotatable bonds is 6. The van der Waals surface area contributed by atoms with Crippen molar-refractivity contribution in [2.45, 2.75) is 47.1 Å². The molecular formula is C17H29NO. The largest absolute Gasteiger partial charge is 0.379 e. The average molecular weight is 263 g/mol. The zero-order valence-electron chi connectivity index (χ0n) is 13.3. The quantitative estimate of drug-likeness (QED) is 0.783. The maximum absolute atomic E-state index is 5.85. The van der Waals surface area contributed by atoms with E-state index in [0.29, 0.717) is 5.41 Å². The van der Waals surface area contributed by atoms with Crippen molar-refractivity contribution in [1.82, 2.24) is 5.32 Å². The number of nitrogens with one attached hydrogen (secondary N) is 1. The molecule has 1 aromatic rings. The highest BCUT2D eigenvalue weighted by molar-refractivity contribution is 5.33. The van der Waals surface area contributed by atoms with Gasteiger partial charge in [0.2, 0.25) is 0 Å². The van der Waals surface area contributed by atoms with Crippen LogP contribution in [0.4, 0.5) is 0 Å². The predicted molar refractivity (Wildman–Crippen MR) is 82.6 cm³/mol. The van der Waals surface area contributed by atoms with Gasteiger partial charge < -0.3 is 10.1 Å². The average Bonchev–Trinajstić information content (AvgIpc) is 2.32. The minimum Gasteiger partial charge on any atom is -0.379 e. The first kappa shape index (κ1) is 16.2. The van der Waals surface area contributed by atoms with E-state index < -0.39 is 0 Å². The highest BCUT2D eigenvalue weighted by Gasteiger charge is 2.14. The zero-order chi connectivity index (χ0) is 14.5. The fourth-order valence-corrected chi connectivity index (χ4v) is 2.04. The van der Waals surface area contributed by atoms with Gasteiger partial charge in [-0.25, -0.2) is 0 Å². The molecule has 0 fully saturated rings. The van der Waals surface area contributed by atoms with E-state index in [0.717, 1.165) is 19.6 Å². The van der Waals surface area contributed by atoms with Crippen LogP contribution in [-0.4, -0.2) is 20.3 Å². The lowest BCUT2D eigenvalue weighted by Crippen LogP contribution is -2.23. The number of ether oxygens (including phenoxy) is 1. The molecule has 1 rings (SSSR count). The molecule has 1 atom stereocenters. The van der Waals surface area contributed by atoms with Gasteiger partial charge in [-0.3, -0.25) is 0 Å².